The summed E-state index contributed by atoms with van der Waals surface area (Å²) in [7, 11) is 0. The minimum Gasteiger partial charge on any atom is -0.352 e. The quantitative estimate of drug-likeness (QED) is 0.876. The smallest absolute Gasteiger partial charge is 0.252 e. The van der Waals surface area contributed by atoms with Crippen LogP contribution in [-0.4, -0.2) is 40.2 Å². The fraction of sp³-hybridized carbons (Fsp3) is 0.556. The van der Waals surface area contributed by atoms with Crippen molar-refractivity contribution in [2.24, 2.45) is 5.92 Å². The second kappa shape index (κ2) is 7.07. The Kier molecular flexibility index (Phi) is 4.67. The van der Waals surface area contributed by atoms with Crippen LogP contribution in [0, 0.1) is 5.92 Å². The van der Waals surface area contributed by atoms with Gasteiger partial charge in [-0.25, -0.2) is 0 Å². The van der Waals surface area contributed by atoms with Crippen molar-refractivity contribution in [2.45, 2.75) is 38.3 Å². The summed E-state index contributed by atoms with van der Waals surface area (Å²) in [6, 6.07) is 4.35. The Bertz CT molecular complexity index is 677. The highest BCUT2D eigenvalue weighted by Crippen LogP contribution is 2.30. The highest BCUT2D eigenvalue weighted by Gasteiger charge is 2.28. The minimum atomic E-state index is 0.0269. The first-order chi connectivity index (χ1) is 11.8. The van der Waals surface area contributed by atoms with Crippen LogP contribution in [0.3, 0.4) is 0 Å². The maximum atomic E-state index is 12.1. The number of nitrogens with one attached hydrogen (secondary N) is 1. The number of amides is 1. The second-order valence-corrected chi connectivity index (χ2v) is 7.75. The molecule has 1 saturated carbocycles. The molecule has 1 fully saturated rings. The summed E-state index contributed by atoms with van der Waals surface area (Å²) in [6.07, 6.45) is 6.99. The van der Waals surface area contributed by atoms with E-state index in [1.54, 1.807) is 11.3 Å². The van der Waals surface area contributed by atoms with Gasteiger partial charge in [0.05, 0.1) is 11.7 Å². The predicted molar refractivity (Wildman–Crippen MR) is 95.2 cm³/mol. The van der Waals surface area contributed by atoms with Crippen LogP contribution in [0.1, 0.15) is 47.8 Å². The van der Waals surface area contributed by atoms with Gasteiger partial charge >= 0.3 is 0 Å². The van der Waals surface area contributed by atoms with Crippen LogP contribution in [0.2, 0.25) is 0 Å². The van der Waals surface area contributed by atoms with Gasteiger partial charge in [-0.15, -0.1) is 0 Å². The zero-order valence-corrected chi connectivity index (χ0v) is 14.7. The van der Waals surface area contributed by atoms with Gasteiger partial charge in [-0.2, -0.15) is 16.4 Å². The molecule has 4 rings (SSSR count). The fourth-order valence-electron chi connectivity index (χ4n) is 3.71. The number of nitrogens with zero attached hydrogens (tertiary/aromatic N) is 3. The van der Waals surface area contributed by atoms with Crippen molar-refractivity contribution in [3.63, 3.8) is 0 Å². The molecule has 1 aliphatic heterocycles. The van der Waals surface area contributed by atoms with E-state index in [1.807, 2.05) is 23.0 Å². The van der Waals surface area contributed by atoms with E-state index < -0.39 is 0 Å². The lowest BCUT2D eigenvalue weighted by Gasteiger charge is -2.38. The molecular formula is C18H24N4OS. The molecule has 0 bridgehead atoms. The average molecular weight is 344 g/mol. The molecule has 0 spiro atoms. The molecule has 0 saturated heterocycles. The predicted octanol–water partition coefficient (Wildman–Crippen LogP) is 2.92. The first-order valence-corrected chi connectivity index (χ1v) is 9.79. The van der Waals surface area contributed by atoms with Gasteiger partial charge in [-0.05, 0) is 42.7 Å². The van der Waals surface area contributed by atoms with Gasteiger partial charge in [-0.1, -0.05) is 6.42 Å². The third-order valence-corrected chi connectivity index (χ3v) is 5.92. The van der Waals surface area contributed by atoms with Gasteiger partial charge in [0.2, 0.25) is 0 Å². The summed E-state index contributed by atoms with van der Waals surface area (Å²) in [5.41, 5.74) is 2.06. The summed E-state index contributed by atoms with van der Waals surface area (Å²) < 4.78 is 2.16. The molecule has 24 heavy (non-hydrogen) atoms. The SMILES string of the molecule is O=C(NCC[C@@H]1CN(CC2CCC2)Cc2ccnn21)c1ccsc1. The highest BCUT2D eigenvalue weighted by atomic mass is 32.1. The number of carbonyl (C=O) groups excluding carboxylic acids is 1. The second-order valence-electron chi connectivity index (χ2n) is 6.97. The summed E-state index contributed by atoms with van der Waals surface area (Å²) in [5.74, 6) is 0.914. The van der Waals surface area contributed by atoms with Gasteiger partial charge < -0.3 is 5.32 Å². The number of hydrogen-bond donors (Lipinski definition) is 1. The number of carbonyl (C=O) groups is 1. The van der Waals surface area contributed by atoms with Gasteiger partial charge in [0, 0.05) is 43.3 Å². The number of rotatable bonds is 6. The van der Waals surface area contributed by atoms with E-state index in [0.29, 0.717) is 12.6 Å². The molecule has 2 aromatic rings. The molecular weight excluding hydrogens is 320 g/mol. The number of aromatic nitrogens is 2. The highest BCUT2D eigenvalue weighted by molar-refractivity contribution is 7.08. The lowest BCUT2D eigenvalue weighted by atomic mass is 9.85. The number of fused-ring (bicyclic) bond motifs is 1. The molecule has 6 heteroatoms. The van der Waals surface area contributed by atoms with Crippen LogP contribution in [0.15, 0.2) is 29.1 Å². The van der Waals surface area contributed by atoms with E-state index in [1.165, 1.54) is 31.5 Å². The van der Waals surface area contributed by atoms with E-state index >= 15 is 0 Å². The molecule has 2 aromatic heterocycles. The summed E-state index contributed by atoms with van der Waals surface area (Å²) in [5, 5.41) is 11.4. The Morgan fingerprint density at radius 2 is 2.29 bits per heavy atom. The molecule has 128 valence electrons. The van der Waals surface area contributed by atoms with E-state index in [4.69, 9.17) is 0 Å². The van der Waals surface area contributed by atoms with Crippen LogP contribution in [0.4, 0.5) is 0 Å². The standard InChI is InChI=1S/C18H24N4OS/c23-18(15-6-9-24-13-15)19-7-4-16-11-21(10-14-2-1-3-14)12-17-5-8-20-22(16)17/h5-6,8-9,13-14,16H,1-4,7,10-12H2,(H,19,23)/t16-/m1/s1. The summed E-state index contributed by atoms with van der Waals surface area (Å²) >= 11 is 1.55. The third-order valence-electron chi connectivity index (χ3n) is 5.24. The maximum Gasteiger partial charge on any atom is 0.252 e. The Balaban J connectivity index is 1.34. The molecule has 1 aliphatic carbocycles. The zero-order valence-electron chi connectivity index (χ0n) is 13.9. The van der Waals surface area contributed by atoms with Crippen LogP contribution >= 0.6 is 11.3 Å². The first-order valence-electron chi connectivity index (χ1n) is 8.85. The topological polar surface area (TPSA) is 50.2 Å². The Morgan fingerprint density at radius 3 is 3.04 bits per heavy atom. The van der Waals surface area contributed by atoms with E-state index in [9.17, 15) is 4.79 Å². The monoisotopic (exact) mass is 344 g/mol. The van der Waals surface area contributed by atoms with E-state index in [0.717, 1.165) is 31.0 Å². The maximum absolute atomic E-state index is 12.1. The van der Waals surface area contributed by atoms with Crippen molar-refractivity contribution in [1.82, 2.24) is 20.0 Å². The van der Waals surface area contributed by atoms with E-state index in [-0.39, 0.29) is 5.91 Å². The van der Waals surface area contributed by atoms with E-state index in [2.05, 4.69) is 26.1 Å². The molecule has 0 radical (unpaired) electrons. The first kappa shape index (κ1) is 15.8. The van der Waals surface area contributed by atoms with Gasteiger partial charge in [-0.3, -0.25) is 14.4 Å². The lowest BCUT2D eigenvalue weighted by Crippen LogP contribution is -2.42. The number of hydrogen-bond acceptors (Lipinski definition) is 4. The molecule has 0 aromatic carbocycles. The van der Waals surface area contributed by atoms with Crippen molar-refractivity contribution in [2.75, 3.05) is 19.6 Å². The van der Waals surface area contributed by atoms with Crippen LogP contribution < -0.4 is 5.32 Å². The zero-order chi connectivity index (χ0) is 16.4. The summed E-state index contributed by atoms with van der Waals surface area (Å²) in [4.78, 5) is 14.6. The van der Waals surface area contributed by atoms with Gasteiger partial charge in [0.25, 0.3) is 5.91 Å². The van der Waals surface area contributed by atoms with Crippen molar-refractivity contribution >= 4 is 17.2 Å². The molecule has 1 atom stereocenters. The lowest BCUT2D eigenvalue weighted by molar-refractivity contribution is 0.0942. The molecule has 1 N–H and O–H groups in total. The van der Waals surface area contributed by atoms with Crippen LogP contribution in [0.5, 0.6) is 0 Å². The molecule has 2 aliphatic rings. The Labute approximate surface area is 146 Å². The van der Waals surface area contributed by atoms with Crippen molar-refractivity contribution in [3.8, 4) is 0 Å². The third kappa shape index (κ3) is 3.39. The average Bonchev–Trinajstić information content (AvgIpc) is 3.22. The fourth-order valence-corrected chi connectivity index (χ4v) is 4.34. The Morgan fingerprint density at radius 1 is 1.38 bits per heavy atom. The minimum absolute atomic E-state index is 0.0269. The van der Waals surface area contributed by atoms with Crippen LogP contribution in [0.25, 0.3) is 0 Å². The molecule has 3 heterocycles. The van der Waals surface area contributed by atoms with Crippen LogP contribution in [-0.2, 0) is 6.54 Å². The summed E-state index contributed by atoms with van der Waals surface area (Å²) in [6.45, 7) is 3.95. The Hall–Kier alpha value is -1.66. The van der Waals surface area contributed by atoms with Gasteiger partial charge in [0.15, 0.2) is 0 Å². The molecule has 0 unspecified atom stereocenters. The van der Waals surface area contributed by atoms with Gasteiger partial charge in [0.1, 0.15) is 0 Å². The van der Waals surface area contributed by atoms with Crippen molar-refractivity contribution < 1.29 is 4.79 Å². The molecule has 1 amide bonds. The van der Waals surface area contributed by atoms with Crippen molar-refractivity contribution in [3.05, 3.63) is 40.3 Å². The normalized spacial score (nSPS) is 21.2. The van der Waals surface area contributed by atoms with Crippen molar-refractivity contribution in [1.29, 1.82) is 0 Å². The number of thiophene rings is 1. The largest absolute Gasteiger partial charge is 0.352 e. The molecule has 5 nitrogen and oxygen atoms in total.